The van der Waals surface area contributed by atoms with Crippen LogP contribution in [0, 0.1) is 46.7 Å². The minimum Gasteiger partial charge on any atom is -0.369 e. The minimum atomic E-state index is -0.649. The van der Waals surface area contributed by atoms with E-state index in [0.29, 0.717) is 46.9 Å². The van der Waals surface area contributed by atoms with Crippen LogP contribution >= 0.6 is 15.9 Å². The molecule has 0 radical (unpaired) electrons. The Kier molecular flexibility index (Phi) is 30.8. The van der Waals surface area contributed by atoms with Gasteiger partial charge in [-0.25, -0.2) is 26.3 Å². The fraction of sp³-hybridized carbons (Fsp3) is 0.388. The number of nitrogens with two attached hydrogens (primary N) is 3. The van der Waals surface area contributed by atoms with Gasteiger partial charge in [0.15, 0.2) is 0 Å². The van der Waals surface area contributed by atoms with Crippen LogP contribution in [0.1, 0.15) is 76.8 Å². The first-order valence-corrected chi connectivity index (χ1v) is 36.0. The summed E-state index contributed by atoms with van der Waals surface area (Å²) in [5, 5.41) is 4.35. The van der Waals surface area contributed by atoms with Gasteiger partial charge in [0.25, 0.3) is 0 Å². The van der Waals surface area contributed by atoms with Crippen LogP contribution in [-0.2, 0) is 103 Å². The average molecular weight is 1290 g/mol. The Balaban J connectivity index is 0.000000284. The molecule has 4 aromatic carbocycles. The number of aromatic amines is 2. The zero-order valence-electron chi connectivity index (χ0n) is 40.2. The lowest BCUT2D eigenvalue weighted by Gasteiger charge is -2.36. The third kappa shape index (κ3) is 20.7. The lowest BCUT2D eigenvalue weighted by molar-refractivity contribution is -0.117. The van der Waals surface area contributed by atoms with Crippen LogP contribution < -0.4 is 22.5 Å². The molecule has 0 saturated heterocycles. The first-order chi connectivity index (χ1) is 35.5. The summed E-state index contributed by atoms with van der Waals surface area (Å²) in [6, 6.07) is 16.4. The van der Waals surface area contributed by atoms with Crippen LogP contribution in [0.25, 0.3) is 44.3 Å². The van der Waals surface area contributed by atoms with Crippen LogP contribution in [-0.4, -0.2) is 71.3 Å². The normalized spacial score (nSPS) is 15.9. The Hall–Kier alpha value is -2.96. The number of nitrogens with zero attached hydrogens (tertiary/aromatic N) is 1. The second kappa shape index (κ2) is 34.8. The van der Waals surface area contributed by atoms with E-state index in [4.69, 9.17) is 11.5 Å². The van der Waals surface area contributed by atoms with Gasteiger partial charge in [0.1, 0.15) is 34.9 Å². The third-order valence-electron chi connectivity index (χ3n) is 12.0. The molecule has 75 heavy (non-hydrogen) atoms. The third-order valence-corrected chi connectivity index (χ3v) is 28.1. The van der Waals surface area contributed by atoms with Gasteiger partial charge in [0.05, 0.1) is 34.3 Å². The molecule has 9 N–H and O–H groups in total. The van der Waals surface area contributed by atoms with Crippen LogP contribution in [0.5, 0.6) is 0 Å². The summed E-state index contributed by atoms with van der Waals surface area (Å²) < 4.78 is 82.7. The quantitative estimate of drug-likeness (QED) is 0.0496. The maximum Gasteiger partial charge on any atom is 0.231 e. The monoisotopic (exact) mass is 1290 g/mol. The SMILES string of the molecule is C.CCN(CC)CC.NC(=O)CBr.NC(=O)CNCC1CC(c2c(-c3ccc(F)cc3)[nH]c3c(F)cc(F)cc23)C1.NCC1CC(c2c(-c3ccc(F)cc3)[nH]c3c(F)cc(F)cc23)C1.S=S=S=S=S=S=S=S=S=S. The molecule has 2 saturated carbocycles. The molecule has 0 unspecified atom stereocenters. The largest absolute Gasteiger partial charge is 0.369 e. The zero-order valence-corrected chi connectivity index (χ0v) is 50.0. The van der Waals surface area contributed by atoms with Gasteiger partial charge >= 0.3 is 0 Å². The van der Waals surface area contributed by atoms with E-state index in [2.05, 4.69) is 85.0 Å². The molecule has 0 spiro atoms. The number of H-pyrrole nitrogens is 2. The van der Waals surface area contributed by atoms with Crippen molar-refractivity contribution >= 4 is 143 Å². The molecule has 2 aliphatic rings. The van der Waals surface area contributed by atoms with E-state index >= 15 is 0 Å². The van der Waals surface area contributed by atoms with Crippen molar-refractivity contribution in [2.75, 3.05) is 44.6 Å². The molecule has 412 valence electrons. The molecule has 0 aliphatic heterocycles. The number of amides is 2. The molecule has 2 heterocycles. The summed E-state index contributed by atoms with van der Waals surface area (Å²) >= 11 is 12.2. The van der Waals surface area contributed by atoms with Gasteiger partial charge in [-0.3, -0.25) is 9.59 Å². The topological polar surface area (TPSA) is 159 Å². The van der Waals surface area contributed by atoms with E-state index < -0.39 is 29.2 Å². The first kappa shape index (κ1) is 66.3. The maximum absolute atomic E-state index is 14.3. The summed E-state index contributed by atoms with van der Waals surface area (Å²) in [5.74, 6) is -2.80. The van der Waals surface area contributed by atoms with Crippen molar-refractivity contribution in [2.24, 2.45) is 29.0 Å². The second-order valence-corrected chi connectivity index (χ2v) is 31.3. The standard InChI is InChI=1S/C21H20F3N3O.C19H17F3N2.C6H15N.C2H4BrNO.CH4.S10/c22-14-3-1-12(2-4-14)20-19(13-5-11(6-13)9-26-10-18(25)28)16-7-15(23)8-17(24)21(16)27-20;20-13-3-1-11(2-4-13)18-17(12-5-10(6-12)9-23)15-7-14(21)8-16(22)19(15)24-18;1-4-7(5-2)6-3;3-1-2(4)5;;1-3-5-7-9-10-8-6-4-2/h1-4,7-8,11,13,26-27H,5-6,9-10H2,(H2,25,28);1-4,7-8,10,12,24H,5-6,9,23H2;4-6H2,1-3H3;1H2,(H2,4,5);1H4;. The van der Waals surface area contributed by atoms with Gasteiger partial charge in [-0.05, 0) is 165 Å². The Bertz CT molecular complexity index is 3150. The van der Waals surface area contributed by atoms with Crippen molar-refractivity contribution in [2.45, 2.75) is 65.7 Å². The van der Waals surface area contributed by atoms with Gasteiger partial charge in [0.2, 0.25) is 11.8 Å². The highest BCUT2D eigenvalue weighted by Gasteiger charge is 2.35. The molecule has 26 heteroatoms. The summed E-state index contributed by atoms with van der Waals surface area (Å²) in [6.45, 7) is 11.5. The summed E-state index contributed by atoms with van der Waals surface area (Å²) in [5.41, 5.74) is 20.6. The number of fused-ring (bicyclic) bond motifs is 2. The zero-order chi connectivity index (χ0) is 54.3. The number of benzene rings is 4. The van der Waals surface area contributed by atoms with Gasteiger partial charge in [0, 0.05) is 116 Å². The number of rotatable bonds is 13. The Morgan fingerprint density at radius 3 is 1.32 bits per heavy atom. The summed E-state index contributed by atoms with van der Waals surface area (Å²) in [7, 11) is 12.7. The number of nitrogens with one attached hydrogen (secondary N) is 3. The number of primary amides is 2. The highest BCUT2D eigenvalue weighted by molar-refractivity contribution is 9.09. The molecule has 2 aromatic heterocycles. The summed E-state index contributed by atoms with van der Waals surface area (Å²) in [6.07, 6.45) is 3.45. The maximum atomic E-state index is 14.3. The van der Waals surface area contributed by atoms with Crippen molar-refractivity contribution in [1.82, 2.24) is 20.2 Å². The number of carbonyl (C=O) groups excluding carboxylic acids is 2. The van der Waals surface area contributed by atoms with Crippen LogP contribution in [0.15, 0.2) is 72.8 Å². The molecule has 0 atom stereocenters. The fourth-order valence-electron chi connectivity index (χ4n) is 8.46. The molecule has 8 rings (SSSR count). The average Bonchev–Trinajstić information content (AvgIpc) is 3.91. The first-order valence-electron chi connectivity index (χ1n) is 22.9. The molecular formula is C49H60BrF6N7O2S10. The summed E-state index contributed by atoms with van der Waals surface area (Å²) in [4.78, 5) is 28.9. The van der Waals surface area contributed by atoms with Crippen molar-refractivity contribution in [3.63, 3.8) is 0 Å². The molecule has 9 nitrogen and oxygen atoms in total. The number of alkyl halides is 1. The van der Waals surface area contributed by atoms with E-state index in [9.17, 15) is 35.9 Å². The molecule has 6 aromatic rings. The van der Waals surface area contributed by atoms with Gasteiger partial charge in [-0.15, -0.1) is 0 Å². The fourth-order valence-corrected chi connectivity index (χ4v) is 24.9. The Labute approximate surface area is 475 Å². The van der Waals surface area contributed by atoms with Gasteiger partial charge in [-0.1, -0.05) is 44.1 Å². The highest BCUT2D eigenvalue weighted by atomic mass is 79.9. The van der Waals surface area contributed by atoms with Gasteiger partial charge < -0.3 is 37.4 Å². The lowest BCUT2D eigenvalue weighted by atomic mass is 9.70. The Morgan fingerprint density at radius 2 is 1.00 bits per heavy atom. The van der Waals surface area contributed by atoms with Crippen molar-refractivity contribution < 1.29 is 35.9 Å². The van der Waals surface area contributed by atoms with Crippen molar-refractivity contribution in [1.29, 1.82) is 0 Å². The number of aromatic nitrogens is 2. The van der Waals surface area contributed by atoms with E-state index in [1.165, 1.54) is 73.8 Å². The second-order valence-electron chi connectivity index (χ2n) is 16.6. The molecular weight excluding hydrogens is 1230 g/mol. The number of hydrogen-bond acceptors (Lipinski definition) is 7. The van der Waals surface area contributed by atoms with Crippen molar-refractivity contribution in [3.8, 4) is 22.5 Å². The van der Waals surface area contributed by atoms with Gasteiger partial charge in [-0.2, -0.15) is 0 Å². The number of halogens is 7. The van der Waals surface area contributed by atoms with Crippen LogP contribution in [0.4, 0.5) is 26.3 Å². The van der Waals surface area contributed by atoms with E-state index in [1.54, 1.807) is 77.5 Å². The lowest BCUT2D eigenvalue weighted by Crippen LogP contribution is -2.36. The molecule has 0 bridgehead atoms. The molecule has 2 fully saturated rings. The highest BCUT2D eigenvalue weighted by Crippen LogP contribution is 2.49. The Morgan fingerprint density at radius 1 is 0.627 bits per heavy atom. The van der Waals surface area contributed by atoms with Crippen LogP contribution in [0.3, 0.4) is 0 Å². The number of hydrogen-bond donors (Lipinski definition) is 6. The van der Waals surface area contributed by atoms with E-state index in [-0.39, 0.29) is 54.2 Å². The minimum absolute atomic E-state index is 0. The smallest absolute Gasteiger partial charge is 0.231 e. The van der Waals surface area contributed by atoms with E-state index in [0.717, 1.165) is 65.8 Å². The van der Waals surface area contributed by atoms with E-state index in [1.807, 2.05) is 0 Å². The molecule has 2 amide bonds. The predicted octanol–water partition coefficient (Wildman–Crippen LogP) is 10.4. The van der Waals surface area contributed by atoms with Crippen molar-refractivity contribution in [3.05, 3.63) is 119 Å². The number of carbonyl (C=O) groups is 2. The predicted molar refractivity (Wildman–Crippen MR) is 326 cm³/mol. The van der Waals surface area contributed by atoms with Crippen LogP contribution in [0.2, 0.25) is 0 Å². The molecule has 2 aliphatic carbocycles.